The molecular weight excluding hydrogens is 827 g/mol. The summed E-state index contributed by atoms with van der Waals surface area (Å²) in [6, 6.07) is 33.1. The van der Waals surface area contributed by atoms with Gasteiger partial charge in [0.1, 0.15) is 0 Å². The molecule has 6 aromatic rings. The van der Waals surface area contributed by atoms with Crippen molar-refractivity contribution in [2.45, 2.75) is 129 Å². The summed E-state index contributed by atoms with van der Waals surface area (Å²) in [5, 5.41) is 0. The molecule has 0 fully saturated rings. The van der Waals surface area contributed by atoms with Crippen LogP contribution in [-0.2, 0) is 28.1 Å². The summed E-state index contributed by atoms with van der Waals surface area (Å²) < 4.78 is 100. The van der Waals surface area contributed by atoms with Crippen molar-refractivity contribution in [3.63, 3.8) is 0 Å². The van der Waals surface area contributed by atoms with Crippen LogP contribution in [0.15, 0.2) is 109 Å². The first kappa shape index (κ1) is 45.6. The lowest BCUT2D eigenvalue weighted by molar-refractivity contribution is -0.254. The van der Waals surface area contributed by atoms with Crippen molar-refractivity contribution in [1.82, 2.24) is 0 Å². The smallest absolute Gasteiger partial charge is 0.194 e. The Kier molecular flexibility index (Phi) is 11.3. The number of allylic oxidation sites excluding steroid dienone is 2. The van der Waals surface area contributed by atoms with Crippen LogP contribution in [0.4, 0.5) is 26.3 Å². The number of alkyl halides is 6. The van der Waals surface area contributed by atoms with Crippen molar-refractivity contribution in [3.8, 4) is 31.3 Å². The minimum Gasteiger partial charge on any atom is -0.194 e. The zero-order valence-corrected chi connectivity index (χ0v) is 39.3. The first-order valence-corrected chi connectivity index (χ1v) is 22.7. The lowest BCUT2D eigenvalue weighted by Crippen LogP contribution is -2.48. The van der Waals surface area contributed by atoms with E-state index in [-0.39, 0.29) is 44.1 Å². The van der Waals surface area contributed by atoms with E-state index < -0.39 is 28.9 Å². The molecule has 2 aromatic heterocycles. The molecule has 0 aliphatic heterocycles. The topological polar surface area (TPSA) is 0 Å². The molecule has 0 saturated heterocycles. The molecule has 0 nitrogen and oxygen atoms in total. The molecule has 0 N–H and O–H groups in total. The Balaban J connectivity index is 1.52. The van der Waals surface area contributed by atoms with Crippen LogP contribution in [0.3, 0.4) is 0 Å². The fourth-order valence-electron chi connectivity index (χ4n) is 7.98. The first-order valence-electron chi connectivity index (χ1n) is 21.1. The highest BCUT2D eigenvalue weighted by Gasteiger charge is 2.80. The summed E-state index contributed by atoms with van der Waals surface area (Å²) >= 11 is 2.31. The fraction of sp³-hybridized carbons (Fsp3) is 0.370. The highest BCUT2D eigenvalue weighted by atomic mass is 32.1. The van der Waals surface area contributed by atoms with Crippen LogP contribution in [0.25, 0.3) is 42.5 Å². The maximum Gasteiger partial charge on any atom is 0.380 e. The molecule has 1 aliphatic rings. The zero-order chi connectivity index (χ0) is 45.6. The number of benzene rings is 4. The zero-order valence-electron chi connectivity index (χ0n) is 37.7. The number of halogens is 6. The number of rotatable bonds is 7. The van der Waals surface area contributed by atoms with E-state index in [9.17, 15) is 0 Å². The van der Waals surface area contributed by atoms with Gasteiger partial charge in [0.25, 0.3) is 0 Å². The van der Waals surface area contributed by atoms with Gasteiger partial charge in [0.05, 0.1) is 0 Å². The minimum atomic E-state index is -5.73. The number of thiophene rings is 2. The maximum atomic E-state index is 16.9. The van der Waals surface area contributed by atoms with Crippen molar-refractivity contribution in [2.24, 2.45) is 0 Å². The van der Waals surface area contributed by atoms with E-state index in [2.05, 4.69) is 62.3 Å². The second-order valence-corrected chi connectivity index (χ2v) is 23.1. The Morgan fingerprint density at radius 3 is 1.11 bits per heavy atom. The van der Waals surface area contributed by atoms with Crippen LogP contribution in [-0.4, -0.2) is 17.8 Å². The monoisotopic (exact) mass is 882 g/mol. The van der Waals surface area contributed by atoms with Crippen LogP contribution in [0.1, 0.15) is 127 Å². The molecule has 0 amide bonds. The summed E-state index contributed by atoms with van der Waals surface area (Å²) in [4.78, 5) is 1.54. The Morgan fingerprint density at radius 1 is 0.403 bits per heavy atom. The third-order valence-corrected chi connectivity index (χ3v) is 14.4. The van der Waals surface area contributed by atoms with Gasteiger partial charge in [0.2, 0.25) is 0 Å². The Morgan fingerprint density at radius 2 is 0.726 bits per heavy atom. The van der Waals surface area contributed by atoms with Gasteiger partial charge in [-0.3, -0.25) is 0 Å². The van der Waals surface area contributed by atoms with Crippen LogP contribution in [0.2, 0.25) is 0 Å². The van der Waals surface area contributed by atoms with Gasteiger partial charge in [-0.1, -0.05) is 180 Å². The lowest BCUT2D eigenvalue weighted by atomic mass is 9.86. The van der Waals surface area contributed by atoms with Gasteiger partial charge in [0.15, 0.2) is 0 Å². The second-order valence-electron chi connectivity index (χ2n) is 20.9. The summed E-state index contributed by atoms with van der Waals surface area (Å²) in [5.74, 6) is -16.2. The summed E-state index contributed by atoms with van der Waals surface area (Å²) in [6.07, 6.45) is 0.0740. The second kappa shape index (κ2) is 15.4. The number of hydrogen-bond donors (Lipinski definition) is 0. The molecule has 0 saturated carbocycles. The van der Waals surface area contributed by atoms with Crippen molar-refractivity contribution < 1.29 is 26.3 Å². The molecule has 8 heteroatoms. The quantitative estimate of drug-likeness (QED) is 0.140. The molecule has 2 heterocycles. The normalized spacial score (nSPS) is 16.6. The fourth-order valence-corrected chi connectivity index (χ4v) is 10.4. The molecule has 1 aliphatic carbocycles. The molecule has 0 spiro atoms. The minimum absolute atomic E-state index is 0.0740. The van der Waals surface area contributed by atoms with Gasteiger partial charge in [-0.15, -0.1) is 22.7 Å². The van der Waals surface area contributed by atoms with Gasteiger partial charge in [-0.05, 0) is 83.9 Å². The SMILES string of the molecule is CC(C)(C)c1ccc(Cc2sc(-c3ccc(C(C)(C)C)cc3)cc2C2=C(c3cc(-c4ccc(C(C)(C)C)cc4)sc3-c3ccc(C(C)(C)C)cc3)C(F)(F)C(F)(F)C2(F)F)cc1. The Bertz CT molecular complexity index is 2610. The van der Waals surface area contributed by atoms with Crippen LogP contribution >= 0.6 is 22.7 Å². The first-order chi connectivity index (χ1) is 28.5. The standard InChI is InChI=1S/C54H56F6S2/c1-48(2,3)36-21-13-32(14-22-36)29-44-40(30-42(61-44)33-15-23-37(24-16-33)49(4,5)6)45-46(53(57,58)54(59,60)52(45,55)56)41-31-43(34-17-25-38(26-18-34)50(7,8)9)62-47(41)35-19-27-39(28-20-35)51(10,11)12/h13-28,30-31H,29H2,1-12H3. The van der Waals surface area contributed by atoms with Crippen molar-refractivity contribution >= 4 is 33.8 Å². The molecule has 7 rings (SSSR count). The number of hydrogen-bond acceptors (Lipinski definition) is 2. The predicted octanol–water partition coefficient (Wildman–Crippen LogP) is 17.4. The summed E-state index contributed by atoms with van der Waals surface area (Å²) in [5.41, 5.74) is 2.69. The van der Waals surface area contributed by atoms with E-state index in [0.717, 1.165) is 39.2 Å². The van der Waals surface area contributed by atoms with Gasteiger partial charge < -0.3 is 0 Å². The highest BCUT2D eigenvalue weighted by Crippen LogP contribution is 2.67. The van der Waals surface area contributed by atoms with E-state index in [1.807, 2.05) is 106 Å². The average molecular weight is 883 g/mol. The van der Waals surface area contributed by atoms with Crippen LogP contribution < -0.4 is 0 Å². The molecule has 0 bridgehead atoms. The molecule has 62 heavy (non-hydrogen) atoms. The Hall–Kier alpha value is -4.40. The molecule has 0 unspecified atom stereocenters. The predicted molar refractivity (Wildman–Crippen MR) is 251 cm³/mol. The van der Waals surface area contributed by atoms with Gasteiger partial charge in [0, 0.05) is 42.6 Å². The third-order valence-electron chi connectivity index (χ3n) is 12.0. The average Bonchev–Trinajstić information content (AvgIpc) is 3.82. The molecule has 4 aromatic carbocycles. The van der Waals surface area contributed by atoms with E-state index in [1.165, 1.54) is 23.5 Å². The van der Waals surface area contributed by atoms with E-state index >= 15 is 26.3 Å². The summed E-state index contributed by atoms with van der Waals surface area (Å²) in [7, 11) is 0. The largest absolute Gasteiger partial charge is 0.380 e. The van der Waals surface area contributed by atoms with Gasteiger partial charge in [-0.25, -0.2) is 0 Å². The van der Waals surface area contributed by atoms with Crippen molar-refractivity contribution in [3.05, 3.63) is 153 Å². The van der Waals surface area contributed by atoms with E-state index in [0.29, 0.717) is 31.3 Å². The Labute approximate surface area is 371 Å². The van der Waals surface area contributed by atoms with Crippen LogP contribution in [0, 0.1) is 0 Å². The molecule has 0 atom stereocenters. The van der Waals surface area contributed by atoms with Gasteiger partial charge in [-0.2, -0.15) is 26.3 Å². The van der Waals surface area contributed by atoms with Crippen molar-refractivity contribution in [2.75, 3.05) is 0 Å². The van der Waals surface area contributed by atoms with E-state index in [4.69, 9.17) is 0 Å². The lowest BCUT2D eigenvalue weighted by Gasteiger charge is -2.26. The highest BCUT2D eigenvalue weighted by molar-refractivity contribution is 7.19. The van der Waals surface area contributed by atoms with Crippen LogP contribution in [0.5, 0.6) is 0 Å². The van der Waals surface area contributed by atoms with Crippen molar-refractivity contribution in [1.29, 1.82) is 0 Å². The molecule has 326 valence electrons. The molecule has 0 radical (unpaired) electrons. The summed E-state index contributed by atoms with van der Waals surface area (Å²) in [6.45, 7) is 24.8. The maximum absolute atomic E-state index is 16.9. The van der Waals surface area contributed by atoms with Gasteiger partial charge >= 0.3 is 17.8 Å². The molecular formula is C54H56F6S2. The third kappa shape index (κ3) is 8.27. The van der Waals surface area contributed by atoms with E-state index in [1.54, 1.807) is 12.1 Å².